The highest BCUT2D eigenvalue weighted by Crippen LogP contribution is 2.29. The number of fused-ring (bicyclic) bond motifs is 1. The predicted molar refractivity (Wildman–Crippen MR) is 94.5 cm³/mol. The average Bonchev–Trinajstić information content (AvgIpc) is 3.21. The van der Waals surface area contributed by atoms with Crippen molar-refractivity contribution in [2.24, 2.45) is 0 Å². The van der Waals surface area contributed by atoms with E-state index in [2.05, 4.69) is 20.4 Å². The van der Waals surface area contributed by atoms with E-state index in [1.165, 1.54) is 16.2 Å². The molecule has 0 saturated carbocycles. The number of rotatable bonds is 4. The summed E-state index contributed by atoms with van der Waals surface area (Å²) < 4.78 is 0. The van der Waals surface area contributed by atoms with Crippen molar-refractivity contribution in [2.45, 2.75) is 25.9 Å². The third-order valence-electron chi connectivity index (χ3n) is 4.03. The summed E-state index contributed by atoms with van der Waals surface area (Å²) in [7, 11) is 3.51. The molecular formula is C15H19N5O2S2. The van der Waals surface area contributed by atoms with Crippen LogP contribution in [-0.4, -0.2) is 58.5 Å². The van der Waals surface area contributed by atoms with Crippen molar-refractivity contribution in [3.63, 3.8) is 0 Å². The highest BCUT2D eigenvalue weighted by Gasteiger charge is 2.28. The van der Waals surface area contributed by atoms with Crippen LogP contribution in [0.2, 0.25) is 0 Å². The lowest BCUT2D eigenvalue weighted by molar-refractivity contribution is -0.121. The van der Waals surface area contributed by atoms with Crippen LogP contribution < -0.4 is 5.32 Å². The minimum Gasteiger partial charge on any atom is -0.344 e. The van der Waals surface area contributed by atoms with Crippen LogP contribution in [0.3, 0.4) is 0 Å². The first-order chi connectivity index (χ1) is 11.5. The number of carbonyl (C=O) groups is 2. The van der Waals surface area contributed by atoms with Gasteiger partial charge in [-0.05, 0) is 25.0 Å². The molecular weight excluding hydrogens is 346 g/mol. The molecule has 0 bridgehead atoms. The molecule has 1 atom stereocenters. The fourth-order valence-corrected chi connectivity index (χ4v) is 4.25. The molecule has 128 valence electrons. The molecule has 0 unspecified atom stereocenters. The van der Waals surface area contributed by atoms with Crippen LogP contribution in [0.1, 0.15) is 27.0 Å². The summed E-state index contributed by atoms with van der Waals surface area (Å²) in [5.74, 6) is -0.0574. The zero-order valence-electron chi connectivity index (χ0n) is 13.8. The second kappa shape index (κ2) is 6.96. The SMILES string of the molecule is C[C@@H](C(=O)Nc1nncs1)N1CCc2sc(C(=O)N(C)C)cc2C1. The van der Waals surface area contributed by atoms with E-state index in [4.69, 9.17) is 0 Å². The first kappa shape index (κ1) is 17.0. The van der Waals surface area contributed by atoms with Gasteiger partial charge in [0.2, 0.25) is 11.0 Å². The van der Waals surface area contributed by atoms with Crippen LogP contribution in [0.5, 0.6) is 0 Å². The first-order valence-corrected chi connectivity index (χ1v) is 9.29. The normalized spacial score (nSPS) is 15.6. The number of nitrogens with zero attached hydrogens (tertiary/aromatic N) is 4. The van der Waals surface area contributed by atoms with E-state index in [1.54, 1.807) is 35.8 Å². The Morgan fingerprint density at radius 2 is 2.21 bits per heavy atom. The van der Waals surface area contributed by atoms with Gasteiger partial charge in [-0.1, -0.05) is 11.3 Å². The molecule has 1 aliphatic heterocycles. The van der Waals surface area contributed by atoms with Crippen molar-refractivity contribution in [1.82, 2.24) is 20.0 Å². The molecule has 1 N–H and O–H groups in total. The van der Waals surface area contributed by atoms with E-state index in [0.29, 0.717) is 11.7 Å². The van der Waals surface area contributed by atoms with Gasteiger partial charge >= 0.3 is 0 Å². The number of carbonyl (C=O) groups excluding carboxylic acids is 2. The molecule has 7 nitrogen and oxygen atoms in total. The predicted octanol–water partition coefficient (Wildman–Crippen LogP) is 1.69. The van der Waals surface area contributed by atoms with Gasteiger partial charge in [0.05, 0.1) is 10.9 Å². The number of hydrogen-bond donors (Lipinski definition) is 1. The minimum atomic E-state index is -0.269. The summed E-state index contributed by atoms with van der Waals surface area (Å²) in [6.45, 7) is 3.37. The molecule has 2 aromatic rings. The van der Waals surface area contributed by atoms with Gasteiger partial charge in [-0.2, -0.15) is 0 Å². The van der Waals surface area contributed by atoms with E-state index in [9.17, 15) is 9.59 Å². The Hall–Kier alpha value is -1.84. The third kappa shape index (κ3) is 3.47. The Balaban J connectivity index is 1.68. The summed E-state index contributed by atoms with van der Waals surface area (Å²) in [6, 6.07) is 1.69. The number of aromatic nitrogens is 2. The Morgan fingerprint density at radius 3 is 2.88 bits per heavy atom. The summed E-state index contributed by atoms with van der Waals surface area (Å²) in [5.41, 5.74) is 2.73. The molecule has 1 aliphatic rings. The van der Waals surface area contributed by atoms with Gasteiger partial charge in [0.25, 0.3) is 5.91 Å². The number of anilines is 1. The molecule has 0 radical (unpaired) electrons. The van der Waals surface area contributed by atoms with Crippen molar-refractivity contribution in [1.29, 1.82) is 0 Å². The van der Waals surface area contributed by atoms with Crippen LogP contribution in [0.25, 0.3) is 0 Å². The van der Waals surface area contributed by atoms with Crippen molar-refractivity contribution in [3.8, 4) is 0 Å². The molecule has 0 saturated heterocycles. The zero-order chi connectivity index (χ0) is 17.3. The van der Waals surface area contributed by atoms with E-state index in [1.807, 2.05) is 13.0 Å². The second-order valence-electron chi connectivity index (χ2n) is 5.89. The molecule has 3 rings (SSSR count). The Kier molecular flexibility index (Phi) is 4.93. The van der Waals surface area contributed by atoms with Gasteiger partial charge in [-0.15, -0.1) is 21.5 Å². The monoisotopic (exact) mass is 365 g/mol. The molecule has 0 aromatic carbocycles. The smallest absolute Gasteiger partial charge is 0.263 e. The molecule has 24 heavy (non-hydrogen) atoms. The van der Waals surface area contributed by atoms with Crippen LogP contribution in [0.15, 0.2) is 11.6 Å². The van der Waals surface area contributed by atoms with Gasteiger partial charge in [0, 0.05) is 32.1 Å². The molecule has 0 fully saturated rings. The number of hydrogen-bond acceptors (Lipinski definition) is 7. The Labute approximate surface area is 148 Å². The number of thiophene rings is 1. The summed E-state index contributed by atoms with van der Waals surface area (Å²) >= 11 is 2.86. The average molecular weight is 365 g/mol. The van der Waals surface area contributed by atoms with Crippen LogP contribution in [0, 0.1) is 0 Å². The largest absolute Gasteiger partial charge is 0.344 e. The van der Waals surface area contributed by atoms with Gasteiger partial charge in [0.1, 0.15) is 5.51 Å². The van der Waals surface area contributed by atoms with Crippen molar-refractivity contribution < 1.29 is 9.59 Å². The maximum Gasteiger partial charge on any atom is 0.263 e. The molecule has 0 spiro atoms. The maximum absolute atomic E-state index is 12.4. The van der Waals surface area contributed by atoms with Crippen molar-refractivity contribution in [3.05, 3.63) is 26.9 Å². The van der Waals surface area contributed by atoms with E-state index in [0.717, 1.165) is 23.4 Å². The van der Waals surface area contributed by atoms with Crippen molar-refractivity contribution in [2.75, 3.05) is 26.0 Å². The topological polar surface area (TPSA) is 78.4 Å². The lowest BCUT2D eigenvalue weighted by Gasteiger charge is -2.31. The minimum absolute atomic E-state index is 0.0306. The fourth-order valence-electron chi connectivity index (χ4n) is 2.61. The van der Waals surface area contributed by atoms with Gasteiger partial charge < -0.3 is 4.90 Å². The summed E-state index contributed by atoms with van der Waals surface area (Å²) in [5, 5.41) is 10.9. The Morgan fingerprint density at radius 1 is 1.42 bits per heavy atom. The molecule has 0 aliphatic carbocycles. The lowest BCUT2D eigenvalue weighted by Crippen LogP contribution is -2.44. The second-order valence-corrected chi connectivity index (χ2v) is 7.86. The number of amides is 2. The molecule has 3 heterocycles. The lowest BCUT2D eigenvalue weighted by atomic mass is 10.1. The van der Waals surface area contributed by atoms with Crippen LogP contribution in [-0.2, 0) is 17.8 Å². The van der Waals surface area contributed by atoms with E-state index in [-0.39, 0.29) is 17.9 Å². The summed E-state index contributed by atoms with van der Waals surface area (Å²) in [4.78, 5) is 30.2. The quantitative estimate of drug-likeness (QED) is 0.892. The van der Waals surface area contributed by atoms with E-state index < -0.39 is 0 Å². The van der Waals surface area contributed by atoms with Crippen LogP contribution >= 0.6 is 22.7 Å². The maximum atomic E-state index is 12.4. The molecule has 2 aromatic heterocycles. The standard InChI is InChI=1S/C15H19N5O2S2/c1-9(13(21)17-15-18-16-8-23-15)20-5-4-11-10(7-20)6-12(24-11)14(22)19(2)3/h6,8-9H,4-5,7H2,1-3H3,(H,17,18,21)/t9-/m0/s1. The fraction of sp³-hybridized carbons (Fsp3) is 0.467. The van der Waals surface area contributed by atoms with Gasteiger partial charge in [-0.25, -0.2) is 0 Å². The zero-order valence-corrected chi connectivity index (χ0v) is 15.4. The first-order valence-electron chi connectivity index (χ1n) is 7.60. The summed E-state index contributed by atoms with van der Waals surface area (Å²) in [6.07, 6.45) is 0.858. The molecule has 9 heteroatoms. The van der Waals surface area contributed by atoms with Crippen molar-refractivity contribution >= 4 is 39.6 Å². The Bertz CT molecular complexity index is 741. The third-order valence-corrected chi connectivity index (χ3v) is 5.86. The van der Waals surface area contributed by atoms with Crippen LogP contribution in [0.4, 0.5) is 5.13 Å². The van der Waals surface area contributed by atoms with Gasteiger partial charge in [-0.3, -0.25) is 19.8 Å². The van der Waals surface area contributed by atoms with Gasteiger partial charge in [0.15, 0.2) is 0 Å². The van der Waals surface area contributed by atoms with E-state index >= 15 is 0 Å². The highest BCUT2D eigenvalue weighted by atomic mass is 32.1. The number of nitrogens with one attached hydrogen (secondary N) is 1. The highest BCUT2D eigenvalue weighted by molar-refractivity contribution is 7.14. The molecule has 2 amide bonds.